The van der Waals surface area contributed by atoms with E-state index in [1.54, 1.807) is 0 Å². The van der Waals surface area contributed by atoms with Gasteiger partial charge in [0.15, 0.2) is 0 Å². The lowest BCUT2D eigenvalue weighted by Crippen LogP contribution is -2.27. The van der Waals surface area contributed by atoms with Crippen LogP contribution in [0.1, 0.15) is 32.6 Å². The van der Waals surface area contributed by atoms with Gasteiger partial charge in [-0.3, -0.25) is 4.98 Å². The van der Waals surface area contributed by atoms with Crippen LogP contribution < -0.4 is 4.90 Å². The first kappa shape index (κ1) is 10.9. The first-order valence-electron chi connectivity index (χ1n) is 5.69. The molecule has 82 valence electrons. The third kappa shape index (κ3) is 2.71. The predicted octanol–water partition coefficient (Wildman–Crippen LogP) is 3.61. The first-order chi connectivity index (χ1) is 7.33. The van der Waals surface area contributed by atoms with Crippen LogP contribution in [0.25, 0.3) is 0 Å². The molecule has 2 nitrogen and oxygen atoms in total. The van der Waals surface area contributed by atoms with Crippen LogP contribution >= 0.6 is 15.9 Å². The topological polar surface area (TPSA) is 16.1 Å². The number of hydrogen-bond donors (Lipinski definition) is 0. The summed E-state index contributed by atoms with van der Waals surface area (Å²) in [6, 6.07) is 2.88. The molecule has 0 saturated heterocycles. The van der Waals surface area contributed by atoms with E-state index in [0.717, 1.165) is 10.5 Å². The second-order valence-corrected chi connectivity index (χ2v) is 4.96. The van der Waals surface area contributed by atoms with E-state index in [1.807, 2.05) is 12.4 Å². The van der Waals surface area contributed by atoms with E-state index in [4.69, 9.17) is 0 Å². The van der Waals surface area contributed by atoms with Crippen LogP contribution in [0.2, 0.25) is 0 Å². The van der Waals surface area contributed by atoms with Gasteiger partial charge in [-0.1, -0.05) is 13.3 Å². The van der Waals surface area contributed by atoms with Crippen molar-refractivity contribution >= 4 is 21.6 Å². The van der Waals surface area contributed by atoms with Crippen molar-refractivity contribution in [2.75, 3.05) is 11.4 Å². The summed E-state index contributed by atoms with van der Waals surface area (Å²) in [5.41, 5.74) is 1.31. The van der Waals surface area contributed by atoms with Crippen LogP contribution in [0.4, 0.5) is 5.69 Å². The average Bonchev–Trinajstić information content (AvgIpc) is 3.05. The molecule has 0 aromatic carbocycles. The van der Waals surface area contributed by atoms with E-state index in [0.29, 0.717) is 0 Å². The fraction of sp³-hybridized carbons (Fsp3) is 0.583. The van der Waals surface area contributed by atoms with Gasteiger partial charge in [-0.15, -0.1) is 0 Å². The number of anilines is 1. The standard InChI is InChI=1S/C12H17BrN2/c1-2-3-8-15(10-4-5-10)12-6-7-14-9-11(12)13/h6-7,9-10H,2-5,8H2,1H3. The minimum absolute atomic E-state index is 0.773. The van der Waals surface area contributed by atoms with Gasteiger partial charge in [0.25, 0.3) is 0 Å². The zero-order valence-corrected chi connectivity index (χ0v) is 10.7. The SMILES string of the molecule is CCCCN(c1ccncc1Br)C1CC1. The van der Waals surface area contributed by atoms with Crippen molar-refractivity contribution < 1.29 is 0 Å². The fourth-order valence-electron chi connectivity index (χ4n) is 1.82. The Morgan fingerprint density at radius 3 is 2.93 bits per heavy atom. The summed E-state index contributed by atoms with van der Waals surface area (Å²) in [5, 5.41) is 0. The average molecular weight is 269 g/mol. The van der Waals surface area contributed by atoms with Gasteiger partial charge in [-0.25, -0.2) is 0 Å². The maximum Gasteiger partial charge on any atom is 0.0592 e. The second kappa shape index (κ2) is 4.97. The summed E-state index contributed by atoms with van der Waals surface area (Å²) >= 11 is 3.58. The molecule has 0 bridgehead atoms. The molecular formula is C12H17BrN2. The highest BCUT2D eigenvalue weighted by molar-refractivity contribution is 9.10. The molecule has 0 unspecified atom stereocenters. The molecule has 0 radical (unpaired) electrons. The Morgan fingerprint density at radius 2 is 2.33 bits per heavy atom. The number of rotatable bonds is 5. The molecule has 3 heteroatoms. The van der Waals surface area contributed by atoms with Crippen LogP contribution in [-0.2, 0) is 0 Å². The molecule has 1 fully saturated rings. The first-order valence-corrected chi connectivity index (χ1v) is 6.48. The summed E-state index contributed by atoms with van der Waals surface area (Å²) < 4.78 is 1.12. The Balaban J connectivity index is 2.13. The Hall–Kier alpha value is -0.570. The summed E-state index contributed by atoms with van der Waals surface area (Å²) in [5.74, 6) is 0. The minimum Gasteiger partial charge on any atom is -0.368 e. The van der Waals surface area contributed by atoms with E-state index in [-0.39, 0.29) is 0 Å². The maximum atomic E-state index is 4.11. The number of unbranched alkanes of at least 4 members (excludes halogenated alkanes) is 1. The molecule has 1 saturated carbocycles. The van der Waals surface area contributed by atoms with Crippen LogP contribution in [0, 0.1) is 0 Å². The quantitative estimate of drug-likeness (QED) is 0.811. The fourth-order valence-corrected chi connectivity index (χ4v) is 2.29. The lowest BCUT2D eigenvalue weighted by atomic mass is 10.2. The van der Waals surface area contributed by atoms with Gasteiger partial charge < -0.3 is 4.90 Å². The summed E-state index contributed by atoms with van der Waals surface area (Å²) in [7, 11) is 0. The van der Waals surface area contributed by atoms with Crippen molar-refractivity contribution in [3.63, 3.8) is 0 Å². The number of hydrogen-bond acceptors (Lipinski definition) is 2. The summed E-state index contributed by atoms with van der Waals surface area (Å²) in [4.78, 5) is 6.64. The molecule has 0 amide bonds. The molecule has 1 aromatic rings. The molecule has 0 spiro atoms. The van der Waals surface area contributed by atoms with E-state index in [2.05, 4.69) is 38.8 Å². The molecule has 1 aliphatic rings. The maximum absolute atomic E-state index is 4.11. The molecule has 0 atom stereocenters. The van der Waals surface area contributed by atoms with Crippen molar-refractivity contribution in [2.45, 2.75) is 38.6 Å². The van der Waals surface area contributed by atoms with Crippen molar-refractivity contribution in [1.29, 1.82) is 0 Å². The van der Waals surface area contributed by atoms with Gasteiger partial charge in [-0.05, 0) is 41.3 Å². The summed E-state index contributed by atoms with van der Waals surface area (Å²) in [6.45, 7) is 3.41. The van der Waals surface area contributed by atoms with Crippen molar-refractivity contribution in [3.8, 4) is 0 Å². The van der Waals surface area contributed by atoms with Crippen LogP contribution in [0.3, 0.4) is 0 Å². The zero-order chi connectivity index (χ0) is 10.7. The molecular weight excluding hydrogens is 252 g/mol. The molecule has 1 aliphatic carbocycles. The molecule has 2 rings (SSSR count). The van der Waals surface area contributed by atoms with Gasteiger partial charge in [0.2, 0.25) is 0 Å². The molecule has 1 heterocycles. The lowest BCUT2D eigenvalue weighted by Gasteiger charge is -2.25. The normalized spacial score (nSPS) is 15.3. The third-order valence-electron chi connectivity index (χ3n) is 2.80. The highest BCUT2D eigenvalue weighted by Crippen LogP contribution is 2.35. The van der Waals surface area contributed by atoms with Crippen molar-refractivity contribution in [3.05, 3.63) is 22.9 Å². The van der Waals surface area contributed by atoms with E-state index in [9.17, 15) is 0 Å². The Morgan fingerprint density at radius 1 is 1.53 bits per heavy atom. The van der Waals surface area contributed by atoms with Gasteiger partial charge >= 0.3 is 0 Å². The molecule has 0 aliphatic heterocycles. The van der Waals surface area contributed by atoms with Gasteiger partial charge in [0.1, 0.15) is 0 Å². The Bertz CT molecular complexity index is 323. The Labute approximate surface area is 99.8 Å². The second-order valence-electron chi connectivity index (χ2n) is 4.11. The zero-order valence-electron chi connectivity index (χ0n) is 9.12. The largest absolute Gasteiger partial charge is 0.368 e. The highest BCUT2D eigenvalue weighted by Gasteiger charge is 2.29. The van der Waals surface area contributed by atoms with Gasteiger partial charge in [-0.2, -0.15) is 0 Å². The van der Waals surface area contributed by atoms with E-state index in [1.165, 1.54) is 37.9 Å². The Kier molecular flexibility index (Phi) is 3.62. The third-order valence-corrected chi connectivity index (χ3v) is 3.41. The lowest BCUT2D eigenvalue weighted by molar-refractivity contribution is 0.711. The molecule has 0 N–H and O–H groups in total. The smallest absolute Gasteiger partial charge is 0.0592 e. The number of nitrogens with zero attached hydrogens (tertiary/aromatic N) is 2. The van der Waals surface area contributed by atoms with Gasteiger partial charge in [0, 0.05) is 25.0 Å². The van der Waals surface area contributed by atoms with Crippen LogP contribution in [-0.4, -0.2) is 17.6 Å². The van der Waals surface area contributed by atoms with Crippen LogP contribution in [0.15, 0.2) is 22.9 Å². The van der Waals surface area contributed by atoms with Gasteiger partial charge in [0.05, 0.1) is 10.2 Å². The number of pyridine rings is 1. The van der Waals surface area contributed by atoms with Crippen LogP contribution in [0.5, 0.6) is 0 Å². The number of aromatic nitrogens is 1. The monoisotopic (exact) mass is 268 g/mol. The molecule has 1 aromatic heterocycles. The van der Waals surface area contributed by atoms with E-state index < -0.39 is 0 Å². The minimum atomic E-state index is 0.773. The summed E-state index contributed by atoms with van der Waals surface area (Å²) in [6.07, 6.45) is 8.98. The van der Waals surface area contributed by atoms with E-state index >= 15 is 0 Å². The highest BCUT2D eigenvalue weighted by atomic mass is 79.9. The van der Waals surface area contributed by atoms with Crippen molar-refractivity contribution in [2.24, 2.45) is 0 Å². The number of halogens is 1. The van der Waals surface area contributed by atoms with Crippen molar-refractivity contribution in [1.82, 2.24) is 4.98 Å². The predicted molar refractivity (Wildman–Crippen MR) is 67.2 cm³/mol. The molecule has 15 heavy (non-hydrogen) atoms.